The highest BCUT2D eigenvalue weighted by molar-refractivity contribution is 5.71. The van der Waals surface area contributed by atoms with Gasteiger partial charge in [0.1, 0.15) is 0 Å². The lowest BCUT2D eigenvalue weighted by Crippen LogP contribution is -1.98. The first-order chi connectivity index (χ1) is 4.95. The summed E-state index contributed by atoms with van der Waals surface area (Å²) in [5.41, 5.74) is 2.81. The van der Waals surface area contributed by atoms with Gasteiger partial charge in [0.05, 0.1) is 6.42 Å². The molecule has 0 radical (unpaired) electrons. The molecule has 0 aromatic rings. The predicted octanol–water partition coefficient (Wildman–Crippen LogP) is 2.37. The zero-order valence-electron chi connectivity index (χ0n) is 7.27. The van der Waals surface area contributed by atoms with Crippen molar-refractivity contribution in [3.8, 4) is 0 Å². The van der Waals surface area contributed by atoms with Crippen LogP contribution in [0, 0.1) is 0 Å². The molecule has 62 valence electrons. The van der Waals surface area contributed by atoms with Crippen LogP contribution in [0.2, 0.25) is 0 Å². The fourth-order valence-corrected chi connectivity index (χ4v) is 0.669. The number of rotatable bonds is 3. The van der Waals surface area contributed by atoms with Crippen LogP contribution in [-0.2, 0) is 4.79 Å². The lowest BCUT2D eigenvalue weighted by Gasteiger charge is -2.04. The number of hydrogen-bond donors (Lipinski definition) is 1. The van der Waals surface area contributed by atoms with Crippen molar-refractivity contribution in [2.45, 2.75) is 27.2 Å². The van der Waals surface area contributed by atoms with Gasteiger partial charge in [-0.3, -0.25) is 4.79 Å². The van der Waals surface area contributed by atoms with Crippen LogP contribution in [0.4, 0.5) is 0 Å². The van der Waals surface area contributed by atoms with Gasteiger partial charge in [-0.25, -0.2) is 0 Å². The van der Waals surface area contributed by atoms with Crippen LogP contribution in [0.25, 0.3) is 0 Å². The van der Waals surface area contributed by atoms with Crippen molar-refractivity contribution in [2.24, 2.45) is 0 Å². The van der Waals surface area contributed by atoms with Gasteiger partial charge in [0.15, 0.2) is 0 Å². The van der Waals surface area contributed by atoms with Gasteiger partial charge in [-0.2, -0.15) is 0 Å². The second kappa shape index (κ2) is 3.96. The molecule has 0 unspecified atom stereocenters. The summed E-state index contributed by atoms with van der Waals surface area (Å²) in [7, 11) is 0. The number of carbonyl (C=O) groups is 1. The van der Waals surface area contributed by atoms with Gasteiger partial charge in [0.25, 0.3) is 0 Å². The first-order valence-corrected chi connectivity index (χ1v) is 3.49. The normalized spacial score (nSPS) is 9.00. The second-order valence-electron chi connectivity index (χ2n) is 2.80. The van der Waals surface area contributed by atoms with Crippen LogP contribution < -0.4 is 0 Å². The zero-order valence-corrected chi connectivity index (χ0v) is 7.27. The van der Waals surface area contributed by atoms with Gasteiger partial charge >= 0.3 is 5.97 Å². The van der Waals surface area contributed by atoms with Crippen LogP contribution in [0.15, 0.2) is 23.3 Å². The molecule has 0 aromatic carbocycles. The summed E-state index contributed by atoms with van der Waals surface area (Å²) in [5, 5.41) is 8.43. The standard InChI is InChI=1S/C9H14O2/c1-6(2)8(4)7(3)5-9(10)11/h3,5H2,1-2,4H3,(H,10,11). The number of carboxylic acid groups (broad SMARTS) is 1. The topological polar surface area (TPSA) is 37.3 Å². The Kier molecular flexibility index (Phi) is 3.58. The van der Waals surface area contributed by atoms with Crippen LogP contribution in [0.5, 0.6) is 0 Å². The van der Waals surface area contributed by atoms with Gasteiger partial charge in [-0.1, -0.05) is 12.2 Å². The lowest BCUT2D eigenvalue weighted by molar-refractivity contribution is -0.136. The van der Waals surface area contributed by atoms with E-state index in [2.05, 4.69) is 6.58 Å². The summed E-state index contributed by atoms with van der Waals surface area (Å²) in [4.78, 5) is 10.3. The third-order valence-corrected chi connectivity index (χ3v) is 1.64. The Morgan fingerprint density at radius 1 is 1.36 bits per heavy atom. The monoisotopic (exact) mass is 154 g/mol. The van der Waals surface area contributed by atoms with Crippen molar-refractivity contribution >= 4 is 5.97 Å². The van der Waals surface area contributed by atoms with E-state index < -0.39 is 5.97 Å². The molecule has 0 aromatic heterocycles. The molecule has 0 aliphatic carbocycles. The van der Waals surface area contributed by atoms with Gasteiger partial charge in [-0.15, -0.1) is 0 Å². The fourth-order valence-electron chi connectivity index (χ4n) is 0.669. The molecular formula is C9H14O2. The highest BCUT2D eigenvalue weighted by atomic mass is 16.4. The maximum absolute atomic E-state index is 10.3. The minimum atomic E-state index is -0.824. The molecule has 1 N–H and O–H groups in total. The van der Waals surface area contributed by atoms with E-state index in [0.29, 0.717) is 5.57 Å². The van der Waals surface area contributed by atoms with Crippen LogP contribution in [0.3, 0.4) is 0 Å². The van der Waals surface area contributed by atoms with E-state index in [9.17, 15) is 4.79 Å². The Morgan fingerprint density at radius 3 is 2.09 bits per heavy atom. The molecule has 0 rings (SSSR count). The molecule has 0 bridgehead atoms. The number of aliphatic carboxylic acids is 1. The first-order valence-electron chi connectivity index (χ1n) is 3.49. The smallest absolute Gasteiger partial charge is 0.307 e. The van der Waals surface area contributed by atoms with Gasteiger partial charge in [0.2, 0.25) is 0 Å². The average Bonchev–Trinajstić information content (AvgIpc) is 1.84. The minimum absolute atomic E-state index is 0.0387. The molecule has 0 saturated heterocycles. The van der Waals surface area contributed by atoms with E-state index in [4.69, 9.17) is 5.11 Å². The zero-order chi connectivity index (χ0) is 9.02. The van der Waals surface area contributed by atoms with Gasteiger partial charge in [0, 0.05) is 0 Å². The van der Waals surface area contributed by atoms with E-state index >= 15 is 0 Å². The lowest BCUT2D eigenvalue weighted by atomic mass is 10.0. The molecule has 2 heteroatoms. The summed E-state index contributed by atoms with van der Waals surface area (Å²) in [5.74, 6) is -0.824. The van der Waals surface area contributed by atoms with Gasteiger partial charge in [-0.05, 0) is 31.9 Å². The Bertz CT molecular complexity index is 208. The third-order valence-electron chi connectivity index (χ3n) is 1.64. The maximum atomic E-state index is 10.3. The van der Waals surface area contributed by atoms with Gasteiger partial charge < -0.3 is 5.11 Å². The highest BCUT2D eigenvalue weighted by Crippen LogP contribution is 2.14. The molecule has 0 aliphatic rings. The molecule has 0 saturated carbocycles. The number of carboxylic acids is 1. The fraction of sp³-hybridized carbons (Fsp3) is 0.444. The van der Waals surface area contributed by atoms with E-state index in [0.717, 1.165) is 11.1 Å². The van der Waals surface area contributed by atoms with Crippen LogP contribution in [0.1, 0.15) is 27.2 Å². The van der Waals surface area contributed by atoms with Crippen molar-refractivity contribution in [1.29, 1.82) is 0 Å². The second-order valence-corrected chi connectivity index (χ2v) is 2.80. The van der Waals surface area contributed by atoms with E-state index in [1.807, 2.05) is 20.8 Å². The van der Waals surface area contributed by atoms with Crippen LogP contribution >= 0.6 is 0 Å². The summed E-state index contributed by atoms with van der Waals surface area (Å²) >= 11 is 0. The summed E-state index contributed by atoms with van der Waals surface area (Å²) in [6.07, 6.45) is 0.0387. The average molecular weight is 154 g/mol. The predicted molar refractivity (Wildman–Crippen MR) is 45.4 cm³/mol. The molecule has 0 spiro atoms. The molecule has 0 amide bonds. The summed E-state index contributed by atoms with van der Waals surface area (Å²) in [6.45, 7) is 9.46. The minimum Gasteiger partial charge on any atom is -0.481 e. The summed E-state index contributed by atoms with van der Waals surface area (Å²) in [6, 6.07) is 0. The Balaban J connectivity index is 4.28. The Labute approximate surface area is 67.2 Å². The molecule has 0 fully saturated rings. The van der Waals surface area contributed by atoms with Crippen molar-refractivity contribution < 1.29 is 9.90 Å². The van der Waals surface area contributed by atoms with E-state index in [-0.39, 0.29) is 6.42 Å². The summed E-state index contributed by atoms with van der Waals surface area (Å²) < 4.78 is 0. The molecular weight excluding hydrogens is 140 g/mol. The first kappa shape index (κ1) is 9.95. The van der Waals surface area contributed by atoms with Crippen LogP contribution in [-0.4, -0.2) is 11.1 Å². The maximum Gasteiger partial charge on any atom is 0.307 e. The van der Waals surface area contributed by atoms with E-state index in [1.54, 1.807) is 0 Å². The molecule has 11 heavy (non-hydrogen) atoms. The Hall–Kier alpha value is -1.05. The van der Waals surface area contributed by atoms with Crippen molar-refractivity contribution in [1.82, 2.24) is 0 Å². The molecule has 0 atom stereocenters. The highest BCUT2D eigenvalue weighted by Gasteiger charge is 2.03. The molecule has 0 heterocycles. The van der Waals surface area contributed by atoms with Crippen molar-refractivity contribution in [2.75, 3.05) is 0 Å². The third kappa shape index (κ3) is 3.61. The SMILES string of the molecule is C=C(CC(=O)O)C(C)=C(C)C. The molecule has 2 nitrogen and oxygen atoms in total. The quantitative estimate of drug-likeness (QED) is 0.633. The van der Waals surface area contributed by atoms with E-state index in [1.165, 1.54) is 0 Å². The Morgan fingerprint density at radius 2 is 1.82 bits per heavy atom. The number of hydrogen-bond acceptors (Lipinski definition) is 1. The van der Waals surface area contributed by atoms with Crippen molar-refractivity contribution in [3.63, 3.8) is 0 Å². The number of allylic oxidation sites excluding steroid dienone is 2. The van der Waals surface area contributed by atoms with Crippen molar-refractivity contribution in [3.05, 3.63) is 23.3 Å². The largest absolute Gasteiger partial charge is 0.481 e. The molecule has 0 aliphatic heterocycles.